The minimum atomic E-state index is 0.0532. The van der Waals surface area contributed by atoms with Crippen molar-refractivity contribution >= 4 is 22.7 Å². The van der Waals surface area contributed by atoms with E-state index in [1.807, 2.05) is 12.1 Å². The van der Waals surface area contributed by atoms with E-state index < -0.39 is 0 Å². The predicted molar refractivity (Wildman–Crippen MR) is 134 cm³/mol. The molecule has 2 aromatic rings. The van der Waals surface area contributed by atoms with Gasteiger partial charge in [0.25, 0.3) is 0 Å². The van der Waals surface area contributed by atoms with E-state index in [0.29, 0.717) is 12.2 Å². The van der Waals surface area contributed by atoms with Crippen LogP contribution in [-0.2, 0) is 16.0 Å². The lowest BCUT2D eigenvalue weighted by Crippen LogP contribution is -2.22. The molecule has 0 radical (unpaired) electrons. The number of allylic oxidation sites excluding steroid dienone is 4. The first-order valence-electron chi connectivity index (χ1n) is 11.7. The summed E-state index contributed by atoms with van der Waals surface area (Å²) in [6.45, 7) is 10.1. The molecule has 0 saturated carbocycles. The normalized spacial score (nSPS) is 17.1. The third-order valence-corrected chi connectivity index (χ3v) is 6.13. The third kappa shape index (κ3) is 6.63. The van der Waals surface area contributed by atoms with Gasteiger partial charge in [0.05, 0.1) is 0 Å². The second-order valence-electron chi connectivity index (χ2n) is 10.4. The highest BCUT2D eigenvalue weighted by Gasteiger charge is 2.25. The minimum Gasteiger partial charge on any atom is -0.299 e. The molecule has 0 bridgehead atoms. The van der Waals surface area contributed by atoms with Gasteiger partial charge in [0, 0.05) is 12.3 Å². The van der Waals surface area contributed by atoms with Crippen LogP contribution in [0, 0.1) is 18.3 Å². The fraction of sp³-hybridized carbons (Fsp3) is 0.400. The summed E-state index contributed by atoms with van der Waals surface area (Å²) in [5, 5.41) is 0. The first kappa shape index (κ1) is 23.9. The molecule has 2 aromatic carbocycles. The first-order chi connectivity index (χ1) is 15.1. The van der Waals surface area contributed by atoms with Crippen molar-refractivity contribution in [2.45, 2.75) is 66.7 Å². The second-order valence-corrected chi connectivity index (χ2v) is 10.4. The van der Waals surface area contributed by atoms with Gasteiger partial charge in [-0.2, -0.15) is 0 Å². The van der Waals surface area contributed by atoms with Crippen LogP contribution in [-0.4, -0.2) is 11.6 Å². The average Bonchev–Trinajstić information content (AvgIpc) is 2.72. The minimum absolute atomic E-state index is 0.0532. The molecule has 1 aliphatic carbocycles. The molecular formula is C30H36O2. The largest absolute Gasteiger partial charge is 0.299 e. The van der Waals surface area contributed by atoms with Crippen LogP contribution in [0.1, 0.15) is 75.6 Å². The summed E-state index contributed by atoms with van der Waals surface area (Å²) in [5.74, 6) is 0.631. The number of carbonyl (C=O) groups is 2. The van der Waals surface area contributed by atoms with E-state index in [1.54, 1.807) is 13.0 Å². The number of carbonyl (C=O) groups excluding carboxylic acids is 2. The monoisotopic (exact) mass is 428 g/mol. The molecule has 2 heteroatoms. The van der Waals surface area contributed by atoms with Crippen molar-refractivity contribution in [3.8, 4) is 0 Å². The van der Waals surface area contributed by atoms with Gasteiger partial charge in [0.2, 0.25) is 0 Å². The summed E-state index contributed by atoms with van der Waals surface area (Å²) >= 11 is 0. The number of hydrogen-bond acceptors (Lipinski definition) is 2. The summed E-state index contributed by atoms with van der Waals surface area (Å²) in [6.07, 6.45) is 8.12. The van der Waals surface area contributed by atoms with Crippen LogP contribution >= 0.6 is 0 Å². The number of hydrogen-bond donors (Lipinski definition) is 0. The van der Waals surface area contributed by atoms with Gasteiger partial charge in [-0.15, -0.1) is 0 Å². The Labute approximate surface area is 193 Å². The lowest BCUT2D eigenvalue weighted by Gasteiger charge is -2.25. The van der Waals surface area contributed by atoms with Crippen molar-refractivity contribution in [1.29, 1.82) is 0 Å². The molecule has 168 valence electrons. The van der Waals surface area contributed by atoms with Crippen molar-refractivity contribution in [3.05, 3.63) is 82.9 Å². The molecule has 0 fully saturated rings. The van der Waals surface area contributed by atoms with Crippen LogP contribution in [0.2, 0.25) is 0 Å². The van der Waals surface area contributed by atoms with E-state index >= 15 is 0 Å². The number of aryl methyl sites for hydroxylation is 1. The molecule has 3 rings (SSSR count). The van der Waals surface area contributed by atoms with E-state index in [1.165, 1.54) is 22.3 Å². The molecule has 0 aromatic heterocycles. The Bertz CT molecular complexity index is 1050. The van der Waals surface area contributed by atoms with Gasteiger partial charge in [0.1, 0.15) is 5.78 Å². The Hall–Kier alpha value is -2.74. The summed E-state index contributed by atoms with van der Waals surface area (Å²) < 4.78 is 0. The number of benzene rings is 2. The SMILES string of the molecule is CC(=O)/C=C(/Cc1cccc(C2=CCC(C(=O)CC(C)(C)C)CC2)c1)c1ccccc1C. The lowest BCUT2D eigenvalue weighted by molar-refractivity contribution is -0.124. The maximum Gasteiger partial charge on any atom is 0.152 e. The molecule has 32 heavy (non-hydrogen) atoms. The highest BCUT2D eigenvalue weighted by Crippen LogP contribution is 2.34. The number of rotatable bonds is 7. The molecule has 0 saturated heterocycles. The molecule has 1 unspecified atom stereocenters. The summed E-state index contributed by atoms with van der Waals surface area (Å²) in [5.41, 5.74) is 7.18. The van der Waals surface area contributed by atoms with Crippen molar-refractivity contribution in [1.82, 2.24) is 0 Å². The molecule has 0 spiro atoms. The Morgan fingerprint density at radius 3 is 2.44 bits per heavy atom. The number of ketones is 2. The maximum absolute atomic E-state index is 12.6. The van der Waals surface area contributed by atoms with Crippen LogP contribution in [0.3, 0.4) is 0 Å². The van der Waals surface area contributed by atoms with Crippen molar-refractivity contribution < 1.29 is 9.59 Å². The molecule has 1 aliphatic rings. The first-order valence-corrected chi connectivity index (χ1v) is 11.7. The van der Waals surface area contributed by atoms with Crippen LogP contribution in [0.5, 0.6) is 0 Å². The molecule has 0 N–H and O–H groups in total. The fourth-order valence-corrected chi connectivity index (χ4v) is 4.56. The Balaban J connectivity index is 1.77. The zero-order valence-corrected chi connectivity index (χ0v) is 20.2. The van der Waals surface area contributed by atoms with Crippen LogP contribution < -0.4 is 0 Å². The van der Waals surface area contributed by atoms with Gasteiger partial charge in [-0.25, -0.2) is 0 Å². The predicted octanol–water partition coefficient (Wildman–Crippen LogP) is 7.40. The molecule has 0 heterocycles. The molecular weight excluding hydrogens is 392 g/mol. The molecule has 1 atom stereocenters. The second kappa shape index (κ2) is 10.3. The lowest BCUT2D eigenvalue weighted by atomic mass is 9.79. The molecule has 2 nitrogen and oxygen atoms in total. The van der Waals surface area contributed by atoms with Gasteiger partial charge in [-0.1, -0.05) is 75.4 Å². The van der Waals surface area contributed by atoms with E-state index in [2.05, 4.69) is 70.2 Å². The van der Waals surface area contributed by atoms with E-state index in [-0.39, 0.29) is 17.1 Å². The van der Waals surface area contributed by atoms with E-state index in [9.17, 15) is 9.59 Å². The Morgan fingerprint density at radius 1 is 1.06 bits per heavy atom. The van der Waals surface area contributed by atoms with E-state index in [0.717, 1.165) is 36.8 Å². The summed E-state index contributed by atoms with van der Waals surface area (Å²) in [4.78, 5) is 24.5. The van der Waals surface area contributed by atoms with E-state index in [4.69, 9.17) is 0 Å². The highest BCUT2D eigenvalue weighted by atomic mass is 16.1. The maximum atomic E-state index is 12.6. The van der Waals surface area contributed by atoms with Gasteiger partial charge >= 0.3 is 0 Å². The molecule has 0 amide bonds. The average molecular weight is 429 g/mol. The fourth-order valence-electron chi connectivity index (χ4n) is 4.56. The van der Waals surface area contributed by atoms with Crippen LogP contribution in [0.15, 0.2) is 60.7 Å². The quantitative estimate of drug-likeness (QED) is 0.431. The zero-order valence-electron chi connectivity index (χ0n) is 20.2. The van der Waals surface area contributed by atoms with Crippen molar-refractivity contribution in [3.63, 3.8) is 0 Å². The van der Waals surface area contributed by atoms with Crippen LogP contribution in [0.25, 0.3) is 11.1 Å². The highest BCUT2D eigenvalue weighted by molar-refractivity contribution is 5.95. The third-order valence-electron chi connectivity index (χ3n) is 6.13. The van der Waals surface area contributed by atoms with Gasteiger partial charge in [-0.05, 0) is 84.4 Å². The van der Waals surface area contributed by atoms with Crippen LogP contribution in [0.4, 0.5) is 0 Å². The Kier molecular flexibility index (Phi) is 7.66. The Morgan fingerprint density at radius 2 is 1.81 bits per heavy atom. The standard InChI is InChI=1S/C30H36O2/c1-21-9-6-7-12-28(21)27(17-22(2)31)19-23-10-8-11-26(18-23)24-13-15-25(16-14-24)29(32)20-30(3,4)5/h6-13,17-18,25H,14-16,19-20H2,1-5H3/b27-17-. The smallest absolute Gasteiger partial charge is 0.152 e. The topological polar surface area (TPSA) is 34.1 Å². The number of Topliss-reactive ketones (excluding diaryl/α,β-unsaturated/α-hetero) is 1. The zero-order chi connectivity index (χ0) is 23.3. The molecule has 0 aliphatic heterocycles. The van der Waals surface area contributed by atoms with Gasteiger partial charge in [0.15, 0.2) is 5.78 Å². The van der Waals surface area contributed by atoms with Gasteiger partial charge in [-0.3, -0.25) is 9.59 Å². The van der Waals surface area contributed by atoms with Crippen molar-refractivity contribution in [2.75, 3.05) is 0 Å². The van der Waals surface area contributed by atoms with Gasteiger partial charge < -0.3 is 0 Å². The summed E-state index contributed by atoms with van der Waals surface area (Å²) in [7, 11) is 0. The van der Waals surface area contributed by atoms with Crippen molar-refractivity contribution in [2.24, 2.45) is 11.3 Å². The summed E-state index contributed by atoms with van der Waals surface area (Å²) in [6, 6.07) is 16.9.